The molecule has 2 atom stereocenters. The molecule has 0 bridgehead atoms. The van der Waals surface area contributed by atoms with Crippen molar-refractivity contribution < 1.29 is 27.5 Å². The molecule has 7 heteroatoms. The quantitative estimate of drug-likeness (QED) is 0.787. The second-order valence-electron chi connectivity index (χ2n) is 6.08. The summed E-state index contributed by atoms with van der Waals surface area (Å²) in [6, 6.07) is 3.89. The second-order valence-corrected chi connectivity index (χ2v) is 6.08. The summed E-state index contributed by atoms with van der Waals surface area (Å²) in [7, 11) is 0. The molecule has 1 aromatic rings. The molecular formula is C17H20F3NO3. The Labute approximate surface area is 138 Å². The molecule has 0 aromatic heterocycles. The summed E-state index contributed by atoms with van der Waals surface area (Å²) >= 11 is 0. The van der Waals surface area contributed by atoms with Gasteiger partial charge in [0, 0.05) is 12.1 Å². The largest absolute Gasteiger partial charge is 0.452 e. The molecule has 4 nitrogen and oxygen atoms in total. The van der Waals surface area contributed by atoms with Gasteiger partial charge in [-0.1, -0.05) is 0 Å². The molecular weight excluding hydrogens is 323 g/mol. The summed E-state index contributed by atoms with van der Waals surface area (Å²) in [6.07, 6.45) is -1.59. The number of hydrogen-bond acceptors (Lipinski definition) is 3. The van der Waals surface area contributed by atoms with Crippen LogP contribution in [0.3, 0.4) is 0 Å². The normalized spacial score (nSPS) is 21.5. The fourth-order valence-corrected chi connectivity index (χ4v) is 2.99. The third-order valence-corrected chi connectivity index (χ3v) is 4.26. The van der Waals surface area contributed by atoms with Crippen LogP contribution in [0.4, 0.5) is 13.2 Å². The van der Waals surface area contributed by atoms with Crippen LogP contribution in [0.5, 0.6) is 0 Å². The van der Waals surface area contributed by atoms with Crippen molar-refractivity contribution in [2.45, 2.75) is 51.4 Å². The van der Waals surface area contributed by atoms with Gasteiger partial charge in [0.2, 0.25) is 0 Å². The van der Waals surface area contributed by atoms with Crippen LogP contribution in [0.25, 0.3) is 0 Å². The van der Waals surface area contributed by atoms with Crippen molar-refractivity contribution in [2.24, 2.45) is 0 Å². The van der Waals surface area contributed by atoms with Crippen molar-refractivity contribution in [2.75, 3.05) is 6.61 Å². The van der Waals surface area contributed by atoms with Crippen molar-refractivity contribution in [3.8, 4) is 0 Å². The number of hydrogen-bond donors (Lipinski definition) is 0. The maximum atomic E-state index is 12.5. The number of ether oxygens (including phenoxy) is 1. The highest BCUT2D eigenvalue weighted by Crippen LogP contribution is 2.29. The SMILES string of the molecule is C[C@@H]1CCC[C@H](C)N1C(=O)COC(=O)c1ccc(C(F)(F)F)cc1. The van der Waals surface area contributed by atoms with Crippen LogP contribution in [0, 0.1) is 0 Å². The van der Waals surface area contributed by atoms with E-state index in [4.69, 9.17) is 4.74 Å². The number of esters is 1. The Bertz CT molecular complexity index is 588. The van der Waals surface area contributed by atoms with Crippen LogP contribution in [0.1, 0.15) is 49.0 Å². The van der Waals surface area contributed by atoms with E-state index in [1.165, 1.54) is 0 Å². The van der Waals surface area contributed by atoms with Crippen molar-refractivity contribution in [1.82, 2.24) is 4.90 Å². The Morgan fingerprint density at radius 3 is 2.17 bits per heavy atom. The van der Waals surface area contributed by atoms with Crippen LogP contribution in [0.2, 0.25) is 0 Å². The number of rotatable bonds is 3. The van der Waals surface area contributed by atoms with Gasteiger partial charge in [0.25, 0.3) is 5.91 Å². The van der Waals surface area contributed by atoms with Crippen LogP contribution >= 0.6 is 0 Å². The fourth-order valence-electron chi connectivity index (χ4n) is 2.99. The summed E-state index contributed by atoms with van der Waals surface area (Å²) in [6.45, 7) is 3.49. The van der Waals surface area contributed by atoms with Gasteiger partial charge in [0.15, 0.2) is 6.61 Å². The van der Waals surface area contributed by atoms with Gasteiger partial charge in [-0.15, -0.1) is 0 Å². The number of likely N-dealkylation sites (tertiary alicyclic amines) is 1. The van der Waals surface area contributed by atoms with E-state index in [1.807, 2.05) is 13.8 Å². The number of alkyl halides is 3. The van der Waals surface area contributed by atoms with Crippen molar-refractivity contribution in [3.05, 3.63) is 35.4 Å². The van der Waals surface area contributed by atoms with Gasteiger partial charge in [-0.3, -0.25) is 4.79 Å². The number of carbonyl (C=O) groups is 2. The summed E-state index contributed by atoms with van der Waals surface area (Å²) in [5.41, 5.74) is -0.860. The molecule has 1 aliphatic rings. The van der Waals surface area contributed by atoms with Gasteiger partial charge < -0.3 is 9.64 Å². The molecule has 0 unspecified atom stereocenters. The molecule has 1 aromatic carbocycles. The monoisotopic (exact) mass is 343 g/mol. The minimum Gasteiger partial charge on any atom is -0.452 e. The van der Waals surface area contributed by atoms with Crippen molar-refractivity contribution in [3.63, 3.8) is 0 Å². The van der Waals surface area contributed by atoms with E-state index in [0.29, 0.717) is 0 Å². The zero-order chi connectivity index (χ0) is 17.9. The summed E-state index contributed by atoms with van der Waals surface area (Å²) in [4.78, 5) is 25.8. The molecule has 0 saturated carbocycles. The Hall–Kier alpha value is -2.05. The lowest BCUT2D eigenvalue weighted by atomic mass is 9.97. The Balaban J connectivity index is 1.94. The van der Waals surface area contributed by atoms with Gasteiger partial charge in [0.1, 0.15) is 0 Å². The van der Waals surface area contributed by atoms with Gasteiger partial charge in [-0.2, -0.15) is 13.2 Å². The molecule has 1 amide bonds. The zero-order valence-electron chi connectivity index (χ0n) is 13.6. The van der Waals surface area contributed by atoms with Crippen LogP contribution < -0.4 is 0 Å². The average Bonchev–Trinajstić information content (AvgIpc) is 2.51. The summed E-state index contributed by atoms with van der Waals surface area (Å²) in [5, 5.41) is 0. The number of nitrogens with zero attached hydrogens (tertiary/aromatic N) is 1. The minimum absolute atomic E-state index is 0.0180. The van der Waals surface area contributed by atoms with Gasteiger partial charge in [-0.05, 0) is 57.4 Å². The Morgan fingerprint density at radius 2 is 1.67 bits per heavy atom. The summed E-state index contributed by atoms with van der Waals surface area (Å²) in [5.74, 6) is -1.09. The number of carbonyl (C=O) groups excluding carboxylic acids is 2. The minimum atomic E-state index is -4.46. The smallest absolute Gasteiger partial charge is 0.416 e. The fraction of sp³-hybridized carbons (Fsp3) is 0.529. The average molecular weight is 343 g/mol. The first-order valence-corrected chi connectivity index (χ1v) is 7.85. The first-order valence-electron chi connectivity index (χ1n) is 7.85. The highest BCUT2D eigenvalue weighted by atomic mass is 19.4. The van der Waals surface area contributed by atoms with E-state index < -0.39 is 24.3 Å². The van der Waals surface area contributed by atoms with E-state index in [9.17, 15) is 22.8 Å². The third-order valence-electron chi connectivity index (χ3n) is 4.26. The van der Waals surface area contributed by atoms with Crippen LogP contribution in [-0.2, 0) is 15.7 Å². The first-order chi connectivity index (χ1) is 11.2. The molecule has 0 spiro atoms. The maximum Gasteiger partial charge on any atom is 0.416 e. The highest BCUT2D eigenvalue weighted by Gasteiger charge is 2.31. The van der Waals surface area contributed by atoms with Gasteiger partial charge >= 0.3 is 12.1 Å². The van der Waals surface area contributed by atoms with Crippen LogP contribution in [0.15, 0.2) is 24.3 Å². The zero-order valence-corrected chi connectivity index (χ0v) is 13.6. The highest BCUT2D eigenvalue weighted by molar-refractivity contribution is 5.91. The first kappa shape index (κ1) is 18.3. The number of amides is 1. The second kappa shape index (κ2) is 7.23. The predicted octanol–water partition coefficient (Wildman–Crippen LogP) is 3.65. The molecule has 2 rings (SSSR count). The molecule has 1 aliphatic heterocycles. The lowest BCUT2D eigenvalue weighted by molar-refractivity contribution is -0.140. The van der Waals surface area contributed by atoms with E-state index in [-0.39, 0.29) is 23.6 Å². The van der Waals surface area contributed by atoms with E-state index in [1.54, 1.807) is 4.90 Å². The lowest BCUT2D eigenvalue weighted by Gasteiger charge is -2.38. The number of piperidine rings is 1. The molecule has 132 valence electrons. The van der Waals surface area contributed by atoms with E-state index >= 15 is 0 Å². The molecule has 1 saturated heterocycles. The number of benzene rings is 1. The van der Waals surface area contributed by atoms with E-state index in [0.717, 1.165) is 43.5 Å². The molecule has 1 fully saturated rings. The standard InChI is InChI=1S/C17H20F3NO3/c1-11-4-3-5-12(2)21(11)15(22)10-24-16(23)13-6-8-14(9-7-13)17(18,19)20/h6-9,11-12H,3-5,10H2,1-2H3/t11-,12+. The van der Waals surface area contributed by atoms with Crippen molar-refractivity contribution >= 4 is 11.9 Å². The van der Waals surface area contributed by atoms with E-state index in [2.05, 4.69) is 0 Å². The number of halogens is 3. The maximum absolute atomic E-state index is 12.5. The van der Waals surface area contributed by atoms with Gasteiger partial charge in [0.05, 0.1) is 11.1 Å². The predicted molar refractivity (Wildman–Crippen MR) is 81.3 cm³/mol. The lowest BCUT2D eigenvalue weighted by Crippen LogP contribution is -2.49. The summed E-state index contributed by atoms with van der Waals surface area (Å²) < 4.78 is 42.4. The topological polar surface area (TPSA) is 46.6 Å². The molecule has 0 N–H and O–H groups in total. The molecule has 0 aliphatic carbocycles. The van der Waals surface area contributed by atoms with Crippen molar-refractivity contribution in [1.29, 1.82) is 0 Å². The Kier molecular flexibility index (Phi) is 5.51. The van der Waals surface area contributed by atoms with Gasteiger partial charge in [-0.25, -0.2) is 4.79 Å². The third kappa shape index (κ3) is 4.27. The molecule has 0 radical (unpaired) electrons. The molecule has 24 heavy (non-hydrogen) atoms. The van der Waals surface area contributed by atoms with Crippen LogP contribution in [-0.4, -0.2) is 35.5 Å². The molecule has 1 heterocycles. The Morgan fingerprint density at radius 1 is 1.12 bits per heavy atom.